The summed E-state index contributed by atoms with van der Waals surface area (Å²) in [5.41, 5.74) is 7.71. The number of amides is 1. The largest absolute Gasteiger partial charge is 0.481 e. The molecule has 0 saturated heterocycles. The van der Waals surface area contributed by atoms with Gasteiger partial charge in [0, 0.05) is 10.1 Å². The minimum Gasteiger partial charge on any atom is -0.481 e. The number of hydrogen-bond acceptors (Lipinski definition) is 7. The Balaban J connectivity index is 1.54. The van der Waals surface area contributed by atoms with E-state index in [1.165, 1.54) is 11.3 Å². The topological polar surface area (TPSA) is 123 Å². The summed E-state index contributed by atoms with van der Waals surface area (Å²) < 4.78 is 17.9. The number of fused-ring (bicyclic) bond motifs is 1. The van der Waals surface area contributed by atoms with Crippen LogP contribution in [0.2, 0.25) is 0 Å². The molecule has 0 spiro atoms. The molecule has 2 aromatic heterocycles. The zero-order valence-electron chi connectivity index (χ0n) is 18.3. The van der Waals surface area contributed by atoms with Gasteiger partial charge in [0.1, 0.15) is 29.6 Å². The van der Waals surface area contributed by atoms with Crippen LogP contribution in [0.3, 0.4) is 0 Å². The number of carbonyl (C=O) groups excluding carboxylic acids is 1. The number of ether oxygens (including phenoxy) is 2. The molecule has 0 radical (unpaired) electrons. The van der Waals surface area contributed by atoms with Crippen molar-refractivity contribution in [1.82, 2.24) is 5.16 Å². The molecule has 0 aliphatic heterocycles. The third kappa shape index (κ3) is 4.98. The van der Waals surface area contributed by atoms with Crippen LogP contribution in [0, 0.1) is 12.3 Å². The zero-order chi connectivity index (χ0) is 23.4. The molecule has 1 unspecified atom stereocenters. The molecule has 0 aliphatic rings. The highest BCUT2D eigenvalue weighted by atomic mass is 32.1. The van der Waals surface area contributed by atoms with Crippen molar-refractivity contribution in [3.63, 3.8) is 0 Å². The highest BCUT2D eigenvalue weighted by Gasteiger charge is 2.20. The molecule has 2 aromatic carbocycles. The summed E-state index contributed by atoms with van der Waals surface area (Å²) in [6.45, 7) is 3.64. The van der Waals surface area contributed by atoms with E-state index in [0.717, 1.165) is 15.6 Å². The van der Waals surface area contributed by atoms with E-state index in [2.05, 4.69) is 10.5 Å². The Labute approximate surface area is 194 Å². The smallest absolute Gasteiger partial charge is 0.411 e. The first kappa shape index (κ1) is 22.3. The Bertz CT molecular complexity index is 1280. The van der Waals surface area contributed by atoms with Gasteiger partial charge in [-0.05, 0) is 37.1 Å². The highest BCUT2D eigenvalue weighted by Crippen LogP contribution is 2.35. The quantitative estimate of drug-likeness (QED) is 0.236. The van der Waals surface area contributed by atoms with E-state index in [1.807, 2.05) is 61.5 Å². The molecule has 9 heteroatoms. The van der Waals surface area contributed by atoms with E-state index in [1.54, 1.807) is 6.92 Å². The van der Waals surface area contributed by atoms with Gasteiger partial charge in [0.25, 0.3) is 0 Å². The first-order valence-corrected chi connectivity index (χ1v) is 11.3. The van der Waals surface area contributed by atoms with Crippen LogP contribution in [0.15, 0.2) is 59.1 Å². The SMILES string of the molecule is CCc1noc(C)c1NC(=O)OCC(Oc1cccc2sc(C(=N)N)cc12)c1ccccc1. The number of amidine groups is 1. The average molecular weight is 465 g/mol. The predicted octanol–water partition coefficient (Wildman–Crippen LogP) is 5.41. The lowest BCUT2D eigenvalue weighted by Crippen LogP contribution is -2.21. The van der Waals surface area contributed by atoms with E-state index in [-0.39, 0.29) is 12.4 Å². The van der Waals surface area contributed by atoms with E-state index in [9.17, 15) is 4.79 Å². The standard InChI is InChI=1S/C24H24N4O4S/c1-3-17-22(14(2)32-28-17)27-24(29)30-13-19(15-8-5-4-6-9-15)31-18-10-7-11-20-16(18)12-21(33-20)23(25)26/h4-12,19H,3,13H2,1-2H3,(H3,25,26)(H,27,29). The Morgan fingerprint density at radius 3 is 2.76 bits per heavy atom. The molecule has 8 nitrogen and oxygen atoms in total. The number of rotatable bonds is 8. The fourth-order valence-corrected chi connectivity index (χ4v) is 4.34. The van der Waals surface area contributed by atoms with Crippen LogP contribution in [0.25, 0.3) is 10.1 Å². The van der Waals surface area contributed by atoms with Gasteiger partial charge in [0.15, 0.2) is 11.9 Å². The zero-order valence-corrected chi connectivity index (χ0v) is 19.1. The highest BCUT2D eigenvalue weighted by molar-refractivity contribution is 7.20. The first-order chi connectivity index (χ1) is 16.0. The van der Waals surface area contributed by atoms with Crippen molar-refractivity contribution in [1.29, 1.82) is 5.41 Å². The molecule has 0 bridgehead atoms. The number of nitrogens with two attached hydrogens (primary N) is 1. The van der Waals surface area contributed by atoms with Crippen molar-refractivity contribution in [2.24, 2.45) is 5.73 Å². The van der Waals surface area contributed by atoms with Gasteiger partial charge in [-0.25, -0.2) is 4.79 Å². The number of nitrogens with one attached hydrogen (secondary N) is 2. The van der Waals surface area contributed by atoms with Crippen molar-refractivity contribution < 1.29 is 18.8 Å². The lowest BCUT2D eigenvalue weighted by Gasteiger charge is -2.20. The molecule has 0 saturated carbocycles. The number of hydrogen-bond donors (Lipinski definition) is 3. The summed E-state index contributed by atoms with van der Waals surface area (Å²) in [7, 11) is 0. The fraction of sp³-hybridized carbons (Fsp3) is 0.208. The van der Waals surface area contributed by atoms with Crippen LogP contribution < -0.4 is 15.8 Å². The average Bonchev–Trinajstić information content (AvgIpc) is 3.41. The molecule has 4 aromatic rings. The maximum atomic E-state index is 12.5. The minimum absolute atomic E-state index is 0.0113. The number of benzene rings is 2. The van der Waals surface area contributed by atoms with Gasteiger partial charge in [-0.2, -0.15) is 0 Å². The van der Waals surface area contributed by atoms with Gasteiger partial charge in [0.05, 0.1) is 4.88 Å². The van der Waals surface area contributed by atoms with E-state index >= 15 is 0 Å². The van der Waals surface area contributed by atoms with Crippen LogP contribution in [-0.2, 0) is 11.2 Å². The summed E-state index contributed by atoms with van der Waals surface area (Å²) in [5.74, 6) is 1.15. The van der Waals surface area contributed by atoms with Gasteiger partial charge in [-0.1, -0.05) is 48.5 Å². The second kappa shape index (κ2) is 9.74. The minimum atomic E-state index is -0.617. The molecule has 0 fully saturated rings. The third-order valence-electron chi connectivity index (χ3n) is 5.09. The molecular formula is C24H24N4O4S. The Hall–Kier alpha value is -3.85. The maximum absolute atomic E-state index is 12.5. The van der Waals surface area contributed by atoms with E-state index in [0.29, 0.717) is 34.2 Å². The van der Waals surface area contributed by atoms with Gasteiger partial charge in [-0.3, -0.25) is 10.7 Å². The second-order valence-electron chi connectivity index (χ2n) is 7.35. The number of nitrogen functional groups attached to an aromatic ring is 1. The lowest BCUT2D eigenvalue weighted by molar-refractivity contribution is 0.0909. The van der Waals surface area contributed by atoms with Crippen molar-refractivity contribution in [3.8, 4) is 5.75 Å². The van der Waals surface area contributed by atoms with Crippen LogP contribution in [-0.4, -0.2) is 23.7 Å². The van der Waals surface area contributed by atoms with Crippen LogP contribution in [0.4, 0.5) is 10.5 Å². The number of nitrogens with zero attached hydrogens (tertiary/aromatic N) is 1. The molecule has 170 valence electrons. The Kier molecular flexibility index (Phi) is 6.60. The van der Waals surface area contributed by atoms with Gasteiger partial charge < -0.3 is 19.7 Å². The molecule has 33 heavy (non-hydrogen) atoms. The summed E-state index contributed by atoms with van der Waals surface area (Å²) in [6.07, 6.45) is -0.541. The molecular weight excluding hydrogens is 440 g/mol. The lowest BCUT2D eigenvalue weighted by atomic mass is 10.1. The number of aromatic nitrogens is 1. The fourth-order valence-electron chi connectivity index (χ4n) is 3.40. The first-order valence-electron chi connectivity index (χ1n) is 10.4. The molecule has 2 heterocycles. The number of carbonyl (C=O) groups is 1. The van der Waals surface area contributed by atoms with E-state index < -0.39 is 12.2 Å². The van der Waals surface area contributed by atoms with Crippen molar-refractivity contribution >= 4 is 39.0 Å². The molecule has 0 aliphatic carbocycles. The molecule has 4 rings (SSSR count). The maximum Gasteiger partial charge on any atom is 0.411 e. The summed E-state index contributed by atoms with van der Waals surface area (Å²) >= 11 is 1.43. The summed E-state index contributed by atoms with van der Waals surface area (Å²) in [4.78, 5) is 13.2. The predicted molar refractivity (Wildman–Crippen MR) is 128 cm³/mol. The van der Waals surface area contributed by atoms with Crippen molar-refractivity contribution in [2.45, 2.75) is 26.4 Å². The normalized spacial score (nSPS) is 11.8. The molecule has 1 amide bonds. The second-order valence-corrected chi connectivity index (χ2v) is 8.43. The van der Waals surface area contributed by atoms with Crippen LogP contribution >= 0.6 is 11.3 Å². The van der Waals surface area contributed by atoms with Crippen molar-refractivity contribution in [3.05, 3.63) is 76.5 Å². The monoisotopic (exact) mass is 464 g/mol. The number of aryl methyl sites for hydroxylation is 2. The van der Waals surface area contributed by atoms with Crippen LogP contribution in [0.1, 0.15) is 34.9 Å². The van der Waals surface area contributed by atoms with Gasteiger partial charge in [-0.15, -0.1) is 11.3 Å². The van der Waals surface area contributed by atoms with Crippen molar-refractivity contribution in [2.75, 3.05) is 11.9 Å². The Morgan fingerprint density at radius 2 is 2.03 bits per heavy atom. The van der Waals surface area contributed by atoms with Gasteiger partial charge in [0.2, 0.25) is 0 Å². The summed E-state index contributed by atoms with van der Waals surface area (Å²) in [6, 6.07) is 17.1. The van der Waals surface area contributed by atoms with Gasteiger partial charge >= 0.3 is 6.09 Å². The van der Waals surface area contributed by atoms with E-state index in [4.69, 9.17) is 25.1 Å². The number of anilines is 1. The number of thiophene rings is 1. The van der Waals surface area contributed by atoms with Crippen LogP contribution in [0.5, 0.6) is 5.75 Å². The molecule has 1 atom stereocenters. The molecule has 4 N–H and O–H groups in total. The summed E-state index contributed by atoms with van der Waals surface area (Å²) in [5, 5.41) is 15.2. The third-order valence-corrected chi connectivity index (χ3v) is 6.22. The Morgan fingerprint density at radius 1 is 1.24 bits per heavy atom.